The van der Waals surface area contributed by atoms with E-state index in [9.17, 15) is 93.6 Å². The number of cyclic esters (lactones) is 1. The number of ether oxygens (including phenoxy) is 1. The molecular weight excluding hydrogens is 1050 g/mol. The van der Waals surface area contributed by atoms with Gasteiger partial charge in [0.25, 0.3) is 0 Å². The number of aliphatic imine (C=N–C) groups is 1. The summed E-state index contributed by atoms with van der Waals surface area (Å²) in [4.78, 5) is 155. The van der Waals surface area contributed by atoms with Crippen molar-refractivity contribution in [3.63, 3.8) is 0 Å². The predicted octanol–water partition coefficient (Wildman–Crippen LogP) is -6.61. The maximum absolute atomic E-state index is 14.0. The minimum Gasteiger partial charge on any atom is -0.479 e. The molecule has 0 aromatic heterocycles. The van der Waals surface area contributed by atoms with Gasteiger partial charge in [0.2, 0.25) is 47.3 Å². The number of unbranched alkanes of at least 4 members (excludes halogenated alkanes) is 8. The Labute approximate surface area is 455 Å². The minimum absolute atomic E-state index is 0.0725. The first-order chi connectivity index (χ1) is 37.2. The third-order valence-electron chi connectivity index (χ3n) is 13.6. The summed E-state index contributed by atoms with van der Waals surface area (Å²) in [5.74, 6) is -16.3. The summed E-state index contributed by atoms with van der Waals surface area (Å²) >= 11 is 0. The number of nitrogens with two attached hydrogens (primary N) is 2. The average molecular weight is 1130 g/mol. The smallest absolute Gasteiger partial charge is 0.335 e. The molecule has 3 rings (SSSR count). The molecule has 31 heteroatoms. The number of rotatable bonds is 20. The van der Waals surface area contributed by atoms with Gasteiger partial charge in [0.15, 0.2) is 24.2 Å². The summed E-state index contributed by atoms with van der Waals surface area (Å²) < 4.78 is 5.58. The molecule has 3 saturated heterocycles. The first-order valence-corrected chi connectivity index (χ1v) is 26.4. The standard InChI is InChI=1S/C48H79N11O20/c1-4-5-6-7-8-9-10-11-12-14-25-21-30(64)55-31(24(3)61)39(68)52-23(2)43(72)58-19-16-28(62)34(58)41(70)53-26(15-13-18-51-48(49)50)38(67)56-32(36(65)45(74)75)40(69)54-27(22-60)44(73)59-20-17-29(63)35(59)42(71)57-33(47(78)79-25)37(66)46(76)77/h23-29,31-37,60-63,65-66H,4-22H2,1-3H3,(H,52,68)(H,53,70)(H,54,69)(H,55,64)(H,56,67)(H,57,71)(H,74,75)(H,76,77)(H4,49,50,51)/t23-,24-,25?,26+,27-,28-,29-,31-,32-,33+,34+,35+,36-,37+/m1/s1. The zero-order valence-corrected chi connectivity index (χ0v) is 44.5. The zero-order chi connectivity index (χ0) is 59.3. The van der Waals surface area contributed by atoms with E-state index in [0.717, 1.165) is 56.8 Å². The number of carbonyl (C=O) groups is 11. The van der Waals surface area contributed by atoms with Crippen LogP contribution in [0, 0.1) is 0 Å². The SMILES string of the molecule is CCCCCCCCCCCC1CC(=O)N[C@H]([C@@H](C)O)C(=O)N[C@H](C)C(=O)N2CC[C@@H](O)[C@H]2C(=O)N[C@@H](CCCN=C(N)N)C(=O)N[C@H]([C@@H](O)C(=O)O)C(=O)N[C@H](CO)C(=O)N2CC[C@@H](O)[C@H]2C(=O)N[C@@H]([C@H](O)C(=O)O)C(=O)O1. The van der Waals surface area contributed by atoms with E-state index in [1.54, 1.807) is 0 Å². The molecule has 0 saturated carbocycles. The molecule has 1 unspecified atom stereocenters. The van der Waals surface area contributed by atoms with Gasteiger partial charge >= 0.3 is 17.9 Å². The molecule has 0 aromatic carbocycles. The number of aliphatic hydroxyl groups is 6. The molecule has 0 bridgehead atoms. The van der Waals surface area contributed by atoms with Crippen molar-refractivity contribution in [2.75, 3.05) is 26.2 Å². The number of carboxylic acid groups (broad SMARTS) is 2. The van der Waals surface area contributed by atoms with Crippen LogP contribution in [-0.4, -0.2) is 233 Å². The molecule has 31 nitrogen and oxygen atoms in total. The predicted molar refractivity (Wildman–Crippen MR) is 272 cm³/mol. The van der Waals surface area contributed by atoms with Crippen LogP contribution in [0.2, 0.25) is 0 Å². The molecule has 18 N–H and O–H groups in total. The van der Waals surface area contributed by atoms with E-state index >= 15 is 0 Å². The second kappa shape index (κ2) is 32.3. The molecule has 0 spiro atoms. The molecular formula is C48H79N11O20. The molecule has 3 fully saturated rings. The fourth-order valence-corrected chi connectivity index (χ4v) is 9.27. The topological polar surface area (TPSA) is 502 Å². The van der Waals surface area contributed by atoms with E-state index in [2.05, 4.69) is 27.9 Å². The van der Waals surface area contributed by atoms with E-state index in [1.165, 1.54) is 6.92 Å². The minimum atomic E-state index is -2.81. The van der Waals surface area contributed by atoms with Gasteiger partial charge in [0.1, 0.15) is 48.4 Å². The number of esters is 1. The van der Waals surface area contributed by atoms with E-state index < -0.39 is 176 Å². The van der Waals surface area contributed by atoms with Gasteiger partial charge in [-0.3, -0.25) is 43.3 Å². The molecule has 79 heavy (non-hydrogen) atoms. The van der Waals surface area contributed by atoms with Crippen molar-refractivity contribution in [1.29, 1.82) is 0 Å². The van der Waals surface area contributed by atoms with Gasteiger partial charge in [-0.25, -0.2) is 14.4 Å². The van der Waals surface area contributed by atoms with Gasteiger partial charge in [0, 0.05) is 19.6 Å². The first kappa shape index (κ1) is 66.5. The number of carbonyl (C=O) groups excluding carboxylic acids is 9. The fraction of sp³-hybridized carbons (Fsp3) is 0.750. The Kier molecular flexibility index (Phi) is 27.2. The number of aliphatic hydroxyl groups excluding tert-OH is 6. The van der Waals surface area contributed by atoms with Crippen LogP contribution in [0.4, 0.5) is 0 Å². The van der Waals surface area contributed by atoms with E-state index in [0.29, 0.717) is 17.7 Å². The maximum atomic E-state index is 14.0. The normalized spacial score (nSPS) is 28.7. The summed E-state index contributed by atoms with van der Waals surface area (Å²) in [6.07, 6.45) is -6.34. The molecule has 446 valence electrons. The van der Waals surface area contributed by atoms with Crippen LogP contribution in [0.1, 0.15) is 117 Å². The Morgan fingerprint density at radius 2 is 1.13 bits per heavy atom. The van der Waals surface area contributed by atoms with E-state index in [4.69, 9.17) is 16.2 Å². The lowest BCUT2D eigenvalue weighted by Crippen LogP contribution is -2.64. The van der Waals surface area contributed by atoms with Crippen molar-refractivity contribution >= 4 is 71.1 Å². The highest BCUT2D eigenvalue weighted by Gasteiger charge is 2.48. The Bertz CT molecular complexity index is 2180. The number of aliphatic carboxylic acids is 2. The van der Waals surface area contributed by atoms with Gasteiger partial charge in [-0.1, -0.05) is 58.3 Å². The Morgan fingerprint density at radius 1 is 0.633 bits per heavy atom. The molecule has 0 aliphatic carbocycles. The highest BCUT2D eigenvalue weighted by atomic mass is 16.5. The summed E-state index contributed by atoms with van der Waals surface area (Å²) in [5.41, 5.74) is 10.8. The van der Waals surface area contributed by atoms with Crippen LogP contribution in [-0.2, 0) is 57.5 Å². The van der Waals surface area contributed by atoms with E-state index in [-0.39, 0.29) is 44.7 Å². The van der Waals surface area contributed by atoms with Crippen molar-refractivity contribution in [2.24, 2.45) is 16.5 Å². The molecule has 14 atom stereocenters. The highest BCUT2D eigenvalue weighted by molar-refractivity contribution is 6.00. The lowest BCUT2D eigenvalue weighted by molar-refractivity contribution is -0.165. The zero-order valence-electron chi connectivity index (χ0n) is 44.5. The number of guanidine groups is 1. The highest BCUT2D eigenvalue weighted by Crippen LogP contribution is 2.23. The van der Waals surface area contributed by atoms with Crippen molar-refractivity contribution in [1.82, 2.24) is 41.7 Å². The quantitative estimate of drug-likeness (QED) is 0.0233. The third kappa shape index (κ3) is 19.8. The Balaban J connectivity index is 2.15. The van der Waals surface area contributed by atoms with Crippen molar-refractivity contribution < 1.29 is 98.3 Å². The van der Waals surface area contributed by atoms with Crippen molar-refractivity contribution in [2.45, 2.75) is 202 Å². The van der Waals surface area contributed by atoms with Gasteiger partial charge in [0.05, 0.1) is 31.3 Å². The number of fused-ring (bicyclic) bond motifs is 2. The number of amides is 8. The second-order valence-electron chi connectivity index (χ2n) is 19.9. The molecule has 8 amide bonds. The van der Waals surface area contributed by atoms with Crippen molar-refractivity contribution in [3.8, 4) is 0 Å². The summed E-state index contributed by atoms with van der Waals surface area (Å²) in [5, 5.41) is 97.1. The second-order valence-corrected chi connectivity index (χ2v) is 19.9. The number of hydrogen-bond acceptors (Lipinski definition) is 19. The fourth-order valence-electron chi connectivity index (χ4n) is 9.27. The summed E-state index contributed by atoms with van der Waals surface area (Å²) in [6.45, 7) is 2.10. The first-order valence-electron chi connectivity index (χ1n) is 26.4. The number of nitrogens with one attached hydrogen (secondary N) is 6. The molecule has 3 aliphatic rings. The van der Waals surface area contributed by atoms with Crippen LogP contribution in [0.25, 0.3) is 0 Å². The van der Waals surface area contributed by atoms with Crippen molar-refractivity contribution in [3.05, 3.63) is 0 Å². The van der Waals surface area contributed by atoms with Gasteiger partial charge in [-0.2, -0.15) is 0 Å². The third-order valence-corrected chi connectivity index (χ3v) is 13.6. The van der Waals surface area contributed by atoms with Crippen LogP contribution < -0.4 is 43.4 Å². The molecule has 3 heterocycles. The largest absolute Gasteiger partial charge is 0.479 e. The molecule has 3 aliphatic heterocycles. The Morgan fingerprint density at radius 3 is 1.66 bits per heavy atom. The van der Waals surface area contributed by atoms with Crippen LogP contribution in [0.5, 0.6) is 0 Å². The lowest BCUT2D eigenvalue weighted by Gasteiger charge is -2.32. The van der Waals surface area contributed by atoms with Gasteiger partial charge < -0.3 is 98.8 Å². The summed E-state index contributed by atoms with van der Waals surface area (Å²) in [6, 6.07) is -16.2. The summed E-state index contributed by atoms with van der Waals surface area (Å²) in [7, 11) is 0. The molecule has 0 aromatic rings. The Hall–Kier alpha value is -6.80. The van der Waals surface area contributed by atoms with E-state index in [1.807, 2.05) is 16.0 Å². The number of nitrogens with zero attached hydrogens (tertiary/aromatic N) is 3. The number of hydrogen-bond donors (Lipinski definition) is 16. The average Bonchev–Trinajstić information content (AvgIpc) is 4.02. The number of carboxylic acids is 2. The van der Waals surface area contributed by atoms with Crippen LogP contribution in [0.3, 0.4) is 0 Å². The van der Waals surface area contributed by atoms with Gasteiger partial charge in [-0.05, 0) is 52.4 Å². The molecule has 0 radical (unpaired) electrons. The van der Waals surface area contributed by atoms with Gasteiger partial charge in [-0.15, -0.1) is 0 Å². The monoisotopic (exact) mass is 1130 g/mol. The van der Waals surface area contributed by atoms with Crippen LogP contribution >= 0.6 is 0 Å². The lowest BCUT2D eigenvalue weighted by atomic mass is 10.0. The maximum Gasteiger partial charge on any atom is 0.335 e. The van der Waals surface area contributed by atoms with Crippen LogP contribution in [0.15, 0.2) is 4.99 Å².